The Balaban J connectivity index is 2.32. The summed E-state index contributed by atoms with van der Waals surface area (Å²) in [7, 11) is 5.67. The second kappa shape index (κ2) is 8.05. The van der Waals surface area contributed by atoms with Gasteiger partial charge >= 0.3 is 11.9 Å². The number of benzene rings is 2. The molecule has 0 aliphatic heterocycles. The van der Waals surface area contributed by atoms with Crippen molar-refractivity contribution in [1.29, 1.82) is 0 Å². The highest BCUT2D eigenvalue weighted by Crippen LogP contribution is 2.33. The van der Waals surface area contributed by atoms with Gasteiger partial charge in [0.15, 0.2) is 23.0 Å². The second-order valence-corrected chi connectivity index (χ2v) is 4.76. The Morgan fingerprint density at radius 1 is 0.640 bits per heavy atom. The number of methoxy groups -OCH3 is 4. The van der Waals surface area contributed by atoms with Crippen LogP contribution in [0.25, 0.3) is 0 Å². The molecule has 0 saturated carbocycles. The maximum Gasteiger partial charge on any atom is 0.349 e. The molecule has 0 spiro atoms. The lowest BCUT2D eigenvalue weighted by Gasteiger charge is -2.13. The van der Waals surface area contributed by atoms with Crippen molar-refractivity contribution in [2.45, 2.75) is 0 Å². The Labute approximate surface area is 145 Å². The van der Waals surface area contributed by atoms with Crippen molar-refractivity contribution in [2.75, 3.05) is 28.4 Å². The lowest BCUT2D eigenvalue weighted by molar-refractivity contribution is 0.0393. The molecule has 0 radical (unpaired) electrons. The number of para-hydroxylation sites is 2. The molecule has 132 valence electrons. The maximum absolute atomic E-state index is 12.4. The van der Waals surface area contributed by atoms with Crippen molar-refractivity contribution in [3.05, 3.63) is 47.5 Å². The third kappa shape index (κ3) is 3.65. The fourth-order valence-electron chi connectivity index (χ4n) is 2.29. The van der Waals surface area contributed by atoms with Gasteiger partial charge in [-0.15, -0.1) is 0 Å². The first-order valence-electron chi connectivity index (χ1n) is 7.25. The normalized spacial score (nSPS) is 9.92. The van der Waals surface area contributed by atoms with Crippen LogP contribution in [-0.4, -0.2) is 40.4 Å². The quantitative estimate of drug-likeness (QED) is 0.587. The summed E-state index contributed by atoms with van der Waals surface area (Å²) < 4.78 is 25.6. The molecule has 0 amide bonds. The molecule has 0 heterocycles. The molecule has 0 fully saturated rings. The Hall–Kier alpha value is -3.22. The smallest absolute Gasteiger partial charge is 0.349 e. The van der Waals surface area contributed by atoms with Gasteiger partial charge in [0, 0.05) is 0 Å². The van der Waals surface area contributed by atoms with Crippen LogP contribution in [0.4, 0.5) is 0 Å². The van der Waals surface area contributed by atoms with E-state index in [9.17, 15) is 9.59 Å². The summed E-state index contributed by atoms with van der Waals surface area (Å²) >= 11 is 0. The molecule has 0 bridgehead atoms. The number of hydrogen-bond donors (Lipinski definition) is 0. The molecule has 0 aliphatic rings. The largest absolute Gasteiger partial charge is 0.493 e. The van der Waals surface area contributed by atoms with Crippen molar-refractivity contribution in [1.82, 2.24) is 0 Å². The molecule has 2 aromatic carbocycles. The van der Waals surface area contributed by atoms with E-state index in [1.807, 2.05) is 0 Å². The number of esters is 2. The monoisotopic (exact) mass is 346 g/mol. The van der Waals surface area contributed by atoms with Crippen LogP contribution in [-0.2, 0) is 4.74 Å². The summed E-state index contributed by atoms with van der Waals surface area (Å²) in [5, 5.41) is 0. The van der Waals surface area contributed by atoms with Gasteiger partial charge in [0.2, 0.25) is 0 Å². The van der Waals surface area contributed by atoms with Crippen molar-refractivity contribution in [3.63, 3.8) is 0 Å². The first-order chi connectivity index (χ1) is 12.1. The van der Waals surface area contributed by atoms with Gasteiger partial charge in [-0.05, 0) is 24.3 Å². The topological polar surface area (TPSA) is 80.3 Å². The molecule has 0 saturated heterocycles. The van der Waals surface area contributed by atoms with Crippen molar-refractivity contribution in [3.8, 4) is 23.0 Å². The van der Waals surface area contributed by atoms with Crippen LogP contribution in [0.2, 0.25) is 0 Å². The van der Waals surface area contributed by atoms with Crippen LogP contribution in [0.1, 0.15) is 20.7 Å². The van der Waals surface area contributed by atoms with E-state index in [1.54, 1.807) is 24.3 Å². The van der Waals surface area contributed by atoms with Gasteiger partial charge in [0.25, 0.3) is 0 Å². The van der Waals surface area contributed by atoms with Gasteiger partial charge in [0.05, 0.1) is 28.4 Å². The van der Waals surface area contributed by atoms with Crippen molar-refractivity contribution >= 4 is 11.9 Å². The van der Waals surface area contributed by atoms with Crippen LogP contribution in [0.15, 0.2) is 36.4 Å². The molecule has 0 atom stereocenters. The average Bonchev–Trinajstić information content (AvgIpc) is 2.65. The van der Waals surface area contributed by atoms with Gasteiger partial charge in [-0.2, -0.15) is 0 Å². The Kier molecular flexibility index (Phi) is 5.84. The van der Waals surface area contributed by atoms with Crippen LogP contribution in [0.3, 0.4) is 0 Å². The molecular formula is C18H18O7. The van der Waals surface area contributed by atoms with Crippen LogP contribution < -0.4 is 18.9 Å². The molecule has 7 nitrogen and oxygen atoms in total. The fourth-order valence-corrected chi connectivity index (χ4v) is 2.29. The van der Waals surface area contributed by atoms with E-state index in [4.69, 9.17) is 23.7 Å². The third-order valence-corrected chi connectivity index (χ3v) is 3.43. The minimum Gasteiger partial charge on any atom is -0.493 e. The molecule has 2 rings (SSSR count). The molecule has 0 N–H and O–H groups in total. The zero-order chi connectivity index (χ0) is 18.4. The zero-order valence-electron chi connectivity index (χ0n) is 14.3. The predicted molar refractivity (Wildman–Crippen MR) is 88.8 cm³/mol. The molecule has 2 aromatic rings. The van der Waals surface area contributed by atoms with Crippen molar-refractivity contribution < 1.29 is 33.3 Å². The molecule has 7 heteroatoms. The van der Waals surface area contributed by atoms with Gasteiger partial charge in [-0.25, -0.2) is 9.59 Å². The van der Waals surface area contributed by atoms with Gasteiger partial charge in [0.1, 0.15) is 11.1 Å². The van der Waals surface area contributed by atoms with Crippen LogP contribution in [0.5, 0.6) is 23.0 Å². The molecule has 0 aliphatic carbocycles. The fraction of sp³-hybridized carbons (Fsp3) is 0.222. The van der Waals surface area contributed by atoms with Gasteiger partial charge < -0.3 is 23.7 Å². The average molecular weight is 346 g/mol. The van der Waals surface area contributed by atoms with E-state index < -0.39 is 11.9 Å². The SMILES string of the molecule is COc1cccc(C(=O)OC(=O)c2cccc(OC)c2OC)c1OC. The Morgan fingerprint density at radius 2 is 1.04 bits per heavy atom. The predicted octanol–water partition coefficient (Wildman–Crippen LogP) is 2.72. The summed E-state index contributed by atoms with van der Waals surface area (Å²) in [6.07, 6.45) is 0. The summed E-state index contributed by atoms with van der Waals surface area (Å²) in [4.78, 5) is 24.8. The van der Waals surface area contributed by atoms with E-state index in [1.165, 1.54) is 40.6 Å². The van der Waals surface area contributed by atoms with Gasteiger partial charge in [-0.1, -0.05) is 12.1 Å². The summed E-state index contributed by atoms with van der Waals surface area (Å²) in [5.41, 5.74) is 0.133. The number of rotatable bonds is 6. The Morgan fingerprint density at radius 3 is 1.36 bits per heavy atom. The standard InChI is InChI=1S/C18H18O7/c1-21-13-9-5-7-11(15(13)23-3)17(19)25-18(20)12-8-6-10-14(22-2)16(12)24-4/h5-10H,1-4H3. The van der Waals surface area contributed by atoms with Crippen LogP contribution in [0, 0.1) is 0 Å². The van der Waals surface area contributed by atoms with E-state index in [-0.39, 0.29) is 22.6 Å². The Bertz CT molecular complexity index is 717. The van der Waals surface area contributed by atoms with E-state index in [0.29, 0.717) is 11.5 Å². The molecule has 0 aromatic heterocycles. The maximum atomic E-state index is 12.4. The van der Waals surface area contributed by atoms with E-state index in [2.05, 4.69) is 0 Å². The van der Waals surface area contributed by atoms with E-state index >= 15 is 0 Å². The first kappa shape index (κ1) is 18.1. The number of ether oxygens (including phenoxy) is 5. The highest BCUT2D eigenvalue weighted by atomic mass is 16.6. The zero-order valence-corrected chi connectivity index (χ0v) is 14.3. The molecular weight excluding hydrogens is 328 g/mol. The lowest BCUT2D eigenvalue weighted by atomic mass is 10.1. The van der Waals surface area contributed by atoms with Gasteiger partial charge in [-0.3, -0.25) is 0 Å². The van der Waals surface area contributed by atoms with E-state index in [0.717, 1.165) is 0 Å². The summed E-state index contributed by atoms with van der Waals surface area (Å²) in [6, 6.07) is 9.38. The highest BCUT2D eigenvalue weighted by molar-refractivity contribution is 6.05. The lowest BCUT2D eigenvalue weighted by Crippen LogP contribution is -2.15. The minimum absolute atomic E-state index is 0.0667. The second-order valence-electron chi connectivity index (χ2n) is 4.76. The highest BCUT2D eigenvalue weighted by Gasteiger charge is 2.24. The summed E-state index contributed by atoms with van der Waals surface area (Å²) in [5.74, 6) is -0.677. The number of carbonyl (C=O) groups excluding carboxylic acids is 2. The number of hydrogen-bond acceptors (Lipinski definition) is 7. The van der Waals surface area contributed by atoms with Crippen molar-refractivity contribution in [2.24, 2.45) is 0 Å². The molecule has 25 heavy (non-hydrogen) atoms. The third-order valence-electron chi connectivity index (χ3n) is 3.43. The minimum atomic E-state index is -0.870. The van der Waals surface area contributed by atoms with Crippen LogP contribution >= 0.6 is 0 Å². The first-order valence-corrected chi connectivity index (χ1v) is 7.25. The molecule has 0 unspecified atom stereocenters. The summed E-state index contributed by atoms with van der Waals surface area (Å²) in [6.45, 7) is 0. The number of carbonyl (C=O) groups is 2.